The Kier molecular flexibility index (Phi) is 3.79. The summed E-state index contributed by atoms with van der Waals surface area (Å²) in [5.41, 5.74) is 7.49. The Morgan fingerprint density at radius 2 is 2.29 bits per heavy atom. The summed E-state index contributed by atoms with van der Waals surface area (Å²) in [5.74, 6) is 0.157. The number of thiocarbonyl (C=S) groups is 1. The first-order valence-electron chi connectivity index (χ1n) is 5.72. The molecule has 3 N–H and O–H groups in total. The Morgan fingerprint density at radius 3 is 2.88 bits per heavy atom. The molecule has 1 aromatic rings. The van der Waals surface area contributed by atoms with Crippen molar-refractivity contribution in [1.29, 1.82) is 0 Å². The second kappa shape index (κ2) is 5.14. The molecule has 1 aromatic heterocycles. The zero-order chi connectivity index (χ0) is 12.4. The van der Waals surface area contributed by atoms with E-state index in [1.54, 1.807) is 11.3 Å². The lowest BCUT2D eigenvalue weighted by Gasteiger charge is -2.19. The molecular weight excluding hydrogens is 252 g/mol. The van der Waals surface area contributed by atoms with E-state index in [-0.39, 0.29) is 17.9 Å². The maximum atomic E-state index is 12.1. The number of thiophene rings is 1. The van der Waals surface area contributed by atoms with Crippen molar-refractivity contribution < 1.29 is 4.79 Å². The second-order valence-electron chi connectivity index (χ2n) is 4.49. The Balaban J connectivity index is 2.04. The van der Waals surface area contributed by atoms with Gasteiger partial charge in [-0.05, 0) is 30.7 Å². The van der Waals surface area contributed by atoms with Crippen LogP contribution >= 0.6 is 23.6 Å². The van der Waals surface area contributed by atoms with Crippen LogP contribution in [0.5, 0.6) is 0 Å². The third-order valence-electron chi connectivity index (χ3n) is 3.30. The van der Waals surface area contributed by atoms with Gasteiger partial charge in [-0.1, -0.05) is 18.6 Å². The van der Waals surface area contributed by atoms with Gasteiger partial charge >= 0.3 is 0 Å². The van der Waals surface area contributed by atoms with Gasteiger partial charge in [-0.15, -0.1) is 0 Å². The average Bonchev–Trinajstić information content (AvgIpc) is 2.86. The van der Waals surface area contributed by atoms with Crippen molar-refractivity contribution in [2.45, 2.75) is 32.2 Å². The van der Waals surface area contributed by atoms with E-state index in [1.807, 2.05) is 17.7 Å². The first-order chi connectivity index (χ1) is 8.09. The summed E-state index contributed by atoms with van der Waals surface area (Å²) in [6, 6.07) is 0.110. The van der Waals surface area contributed by atoms with Crippen LogP contribution < -0.4 is 11.1 Å². The normalized spacial score (nSPS) is 23.6. The number of nitrogens with one attached hydrogen (secondary N) is 1. The van der Waals surface area contributed by atoms with Gasteiger partial charge in [-0.2, -0.15) is 11.3 Å². The van der Waals surface area contributed by atoms with E-state index in [1.165, 1.54) is 0 Å². The van der Waals surface area contributed by atoms with Crippen molar-refractivity contribution in [3.63, 3.8) is 0 Å². The Morgan fingerprint density at radius 1 is 1.53 bits per heavy atom. The molecule has 2 atom stereocenters. The van der Waals surface area contributed by atoms with Crippen molar-refractivity contribution >= 4 is 34.5 Å². The molecule has 1 heterocycles. The number of hydrogen-bond donors (Lipinski definition) is 2. The van der Waals surface area contributed by atoms with Gasteiger partial charge in [0, 0.05) is 17.3 Å². The summed E-state index contributed by atoms with van der Waals surface area (Å²) >= 11 is 6.59. The number of hydrogen-bond acceptors (Lipinski definition) is 3. The van der Waals surface area contributed by atoms with E-state index in [0.29, 0.717) is 4.99 Å². The first-order valence-corrected chi connectivity index (χ1v) is 7.07. The molecule has 17 heavy (non-hydrogen) atoms. The molecule has 2 unspecified atom stereocenters. The highest BCUT2D eigenvalue weighted by Crippen LogP contribution is 2.26. The van der Waals surface area contributed by atoms with Gasteiger partial charge in [0.15, 0.2) is 0 Å². The molecule has 3 nitrogen and oxygen atoms in total. The molecule has 0 spiro atoms. The van der Waals surface area contributed by atoms with Crippen molar-refractivity contribution in [3.8, 4) is 0 Å². The summed E-state index contributed by atoms with van der Waals surface area (Å²) < 4.78 is 0. The fraction of sp³-hybridized carbons (Fsp3) is 0.500. The van der Waals surface area contributed by atoms with E-state index < -0.39 is 0 Å². The molecular formula is C12H16N2OS2. The van der Waals surface area contributed by atoms with Crippen molar-refractivity contribution in [2.75, 3.05) is 0 Å². The number of nitrogens with two attached hydrogens (primary N) is 1. The van der Waals surface area contributed by atoms with E-state index in [4.69, 9.17) is 18.0 Å². The van der Waals surface area contributed by atoms with Crippen LogP contribution in [0, 0.1) is 12.8 Å². The monoisotopic (exact) mass is 268 g/mol. The van der Waals surface area contributed by atoms with Crippen LogP contribution in [0.15, 0.2) is 10.8 Å². The van der Waals surface area contributed by atoms with Crippen LogP contribution in [0.1, 0.15) is 35.2 Å². The maximum Gasteiger partial charge on any atom is 0.252 e. The molecule has 0 bridgehead atoms. The Hall–Kier alpha value is -0.940. The topological polar surface area (TPSA) is 55.1 Å². The number of rotatable bonds is 3. The molecule has 0 saturated heterocycles. The lowest BCUT2D eigenvalue weighted by molar-refractivity contribution is 0.0933. The van der Waals surface area contributed by atoms with Gasteiger partial charge in [0.2, 0.25) is 0 Å². The van der Waals surface area contributed by atoms with Crippen molar-refractivity contribution in [1.82, 2.24) is 5.32 Å². The zero-order valence-electron chi connectivity index (χ0n) is 9.73. The molecule has 2 rings (SSSR count). The third kappa shape index (κ3) is 2.66. The van der Waals surface area contributed by atoms with Crippen LogP contribution in [-0.4, -0.2) is 16.9 Å². The molecule has 0 aromatic carbocycles. The lowest BCUT2D eigenvalue weighted by atomic mass is 10.0. The predicted molar refractivity (Wildman–Crippen MR) is 74.4 cm³/mol. The van der Waals surface area contributed by atoms with Gasteiger partial charge in [0.05, 0.1) is 10.6 Å². The van der Waals surface area contributed by atoms with Gasteiger partial charge in [-0.25, -0.2) is 0 Å². The van der Waals surface area contributed by atoms with E-state index in [9.17, 15) is 4.79 Å². The number of carbonyl (C=O) groups excluding carboxylic acids is 1. The van der Waals surface area contributed by atoms with E-state index in [0.717, 1.165) is 30.4 Å². The molecule has 1 saturated carbocycles. The minimum Gasteiger partial charge on any atom is -0.393 e. The van der Waals surface area contributed by atoms with Crippen molar-refractivity contribution in [2.24, 2.45) is 11.7 Å². The van der Waals surface area contributed by atoms with Crippen LogP contribution in [0.25, 0.3) is 0 Å². The van der Waals surface area contributed by atoms with E-state index in [2.05, 4.69) is 5.32 Å². The minimum absolute atomic E-state index is 0.00287. The fourth-order valence-electron chi connectivity index (χ4n) is 2.31. The van der Waals surface area contributed by atoms with Crippen LogP contribution in [0.3, 0.4) is 0 Å². The molecule has 5 heteroatoms. The molecule has 0 aliphatic heterocycles. The van der Waals surface area contributed by atoms with Gasteiger partial charge in [0.25, 0.3) is 5.91 Å². The van der Waals surface area contributed by atoms with Crippen LogP contribution in [0.2, 0.25) is 0 Å². The van der Waals surface area contributed by atoms with Crippen molar-refractivity contribution in [3.05, 3.63) is 21.9 Å². The predicted octanol–water partition coefficient (Wildman–Crippen LogP) is 2.24. The summed E-state index contributed by atoms with van der Waals surface area (Å²) in [5, 5.41) is 6.92. The summed E-state index contributed by atoms with van der Waals surface area (Å²) in [7, 11) is 0. The number of amides is 1. The van der Waals surface area contributed by atoms with Gasteiger partial charge < -0.3 is 11.1 Å². The Labute approximate surface area is 110 Å². The average molecular weight is 268 g/mol. The fourth-order valence-corrected chi connectivity index (χ4v) is 3.42. The second-order valence-corrected chi connectivity index (χ2v) is 5.70. The molecule has 1 aliphatic rings. The quantitative estimate of drug-likeness (QED) is 0.827. The molecule has 92 valence electrons. The lowest BCUT2D eigenvalue weighted by Crippen LogP contribution is -2.41. The smallest absolute Gasteiger partial charge is 0.252 e. The third-order valence-corrected chi connectivity index (χ3v) is 4.46. The summed E-state index contributed by atoms with van der Waals surface area (Å²) in [6.07, 6.45) is 3.04. The Bertz CT molecular complexity index is 441. The first kappa shape index (κ1) is 12.5. The number of carbonyl (C=O) groups is 1. The van der Waals surface area contributed by atoms with Crippen LogP contribution in [-0.2, 0) is 0 Å². The minimum atomic E-state index is -0.00287. The van der Waals surface area contributed by atoms with Gasteiger partial charge in [-0.3, -0.25) is 4.79 Å². The number of aryl methyl sites for hydroxylation is 1. The SMILES string of the molecule is Cc1cscc1C(=O)NC1CCCC1C(N)=S. The zero-order valence-corrected chi connectivity index (χ0v) is 11.4. The largest absolute Gasteiger partial charge is 0.393 e. The molecule has 1 amide bonds. The molecule has 1 aliphatic carbocycles. The standard InChI is InChI=1S/C12H16N2OS2/c1-7-5-17-6-9(7)12(15)14-10-4-2-3-8(10)11(13)16/h5-6,8,10H,2-4H2,1H3,(H2,13,16)(H,14,15). The molecule has 0 radical (unpaired) electrons. The van der Waals surface area contributed by atoms with Crippen LogP contribution in [0.4, 0.5) is 0 Å². The summed E-state index contributed by atoms with van der Waals surface area (Å²) in [6.45, 7) is 1.95. The van der Waals surface area contributed by atoms with Gasteiger partial charge in [0.1, 0.15) is 0 Å². The highest BCUT2D eigenvalue weighted by molar-refractivity contribution is 7.80. The summed E-state index contributed by atoms with van der Waals surface area (Å²) in [4.78, 5) is 12.6. The molecule has 1 fully saturated rings. The maximum absolute atomic E-state index is 12.1. The van der Waals surface area contributed by atoms with E-state index >= 15 is 0 Å². The highest BCUT2D eigenvalue weighted by atomic mass is 32.1. The highest BCUT2D eigenvalue weighted by Gasteiger charge is 2.30.